The normalized spacial score (nSPS) is 11.6. The minimum Gasteiger partial charge on any atom is -0.308 e. The second-order valence-electron chi connectivity index (χ2n) is 10.9. The fourth-order valence-corrected chi connectivity index (χ4v) is 7.63. The summed E-state index contributed by atoms with van der Waals surface area (Å²) in [6.07, 6.45) is 0. The molecule has 3 aromatic heterocycles. The van der Waals surface area contributed by atoms with Crippen molar-refractivity contribution >= 4 is 64.2 Å². The predicted molar refractivity (Wildman–Crippen MR) is 182 cm³/mol. The Kier molecular flexibility index (Phi) is 5.40. The zero-order valence-corrected chi connectivity index (χ0v) is 24.2. The molecule has 204 valence electrons. The van der Waals surface area contributed by atoms with Gasteiger partial charge in [0.2, 0.25) is 0 Å². The number of benzene rings is 6. The number of hydrogen-bond acceptors (Lipinski definition) is 4. The van der Waals surface area contributed by atoms with Crippen molar-refractivity contribution in [2.75, 3.05) is 0 Å². The molecule has 0 aliphatic carbocycles. The maximum absolute atomic E-state index is 9.28. The molecule has 0 N–H and O–H groups in total. The second kappa shape index (κ2) is 9.60. The summed E-state index contributed by atoms with van der Waals surface area (Å²) in [5.74, 6) is 0.670. The summed E-state index contributed by atoms with van der Waals surface area (Å²) in [5.41, 5.74) is 7.79. The van der Waals surface area contributed by atoms with Crippen molar-refractivity contribution in [1.82, 2.24) is 14.5 Å². The Morgan fingerprint density at radius 1 is 0.568 bits per heavy atom. The molecule has 0 aliphatic heterocycles. The molecule has 0 radical (unpaired) electrons. The highest BCUT2D eigenvalue weighted by molar-refractivity contribution is 7.26. The summed E-state index contributed by atoms with van der Waals surface area (Å²) in [6, 6.07) is 48.3. The zero-order chi connectivity index (χ0) is 29.2. The van der Waals surface area contributed by atoms with Gasteiger partial charge >= 0.3 is 0 Å². The van der Waals surface area contributed by atoms with Gasteiger partial charge in [0.25, 0.3) is 0 Å². The lowest BCUT2D eigenvalue weighted by Gasteiger charge is -2.11. The smallest absolute Gasteiger partial charge is 0.160 e. The summed E-state index contributed by atoms with van der Waals surface area (Å²) in [7, 11) is 0. The molecule has 3 heterocycles. The maximum Gasteiger partial charge on any atom is 0.160 e. The summed E-state index contributed by atoms with van der Waals surface area (Å²) in [6.45, 7) is 0. The topological polar surface area (TPSA) is 54.5 Å². The molecule has 9 aromatic rings. The van der Waals surface area contributed by atoms with Crippen molar-refractivity contribution in [3.8, 4) is 34.4 Å². The van der Waals surface area contributed by atoms with E-state index < -0.39 is 0 Å². The summed E-state index contributed by atoms with van der Waals surface area (Å²) in [5, 5.41) is 15.4. The van der Waals surface area contributed by atoms with Crippen LogP contribution in [0.5, 0.6) is 0 Å². The van der Waals surface area contributed by atoms with Crippen LogP contribution >= 0.6 is 11.3 Å². The van der Waals surface area contributed by atoms with Crippen LogP contribution < -0.4 is 0 Å². The lowest BCUT2D eigenvalue weighted by atomic mass is 10.0. The van der Waals surface area contributed by atoms with Crippen LogP contribution in [0.3, 0.4) is 0 Å². The van der Waals surface area contributed by atoms with Gasteiger partial charge in [-0.1, -0.05) is 78.9 Å². The average molecular weight is 579 g/mol. The van der Waals surface area contributed by atoms with Crippen molar-refractivity contribution in [3.63, 3.8) is 0 Å². The summed E-state index contributed by atoms with van der Waals surface area (Å²) in [4.78, 5) is 10.0. The van der Waals surface area contributed by atoms with E-state index in [1.165, 1.54) is 42.0 Å². The fourth-order valence-electron chi connectivity index (χ4n) is 6.39. The predicted octanol–water partition coefficient (Wildman–Crippen LogP) is 10.3. The van der Waals surface area contributed by atoms with Gasteiger partial charge in [-0.3, -0.25) is 0 Å². The Morgan fingerprint density at radius 2 is 1.25 bits per heavy atom. The van der Waals surface area contributed by atoms with Crippen LogP contribution in [0, 0.1) is 11.3 Å². The molecule has 5 heteroatoms. The molecule has 0 unspecified atom stereocenters. The number of fused-ring (bicyclic) bond motifs is 8. The highest BCUT2D eigenvalue weighted by Crippen LogP contribution is 2.43. The lowest BCUT2D eigenvalue weighted by Crippen LogP contribution is -1.97. The van der Waals surface area contributed by atoms with Gasteiger partial charge in [-0.25, -0.2) is 9.97 Å². The first-order valence-corrected chi connectivity index (χ1v) is 15.3. The van der Waals surface area contributed by atoms with Crippen LogP contribution in [-0.2, 0) is 0 Å². The van der Waals surface area contributed by atoms with E-state index in [9.17, 15) is 5.26 Å². The van der Waals surface area contributed by atoms with Gasteiger partial charge in [-0.2, -0.15) is 5.26 Å². The number of rotatable bonds is 3. The molecule has 6 aromatic carbocycles. The SMILES string of the molecule is N#Cc1ccc(-c2nc(-c3ccc(-n4c5ccccc5c5ccc6c7ccccc7sc6c54)cc3)nc3ccccc23)cc1. The first kappa shape index (κ1) is 24.7. The zero-order valence-electron chi connectivity index (χ0n) is 23.4. The van der Waals surface area contributed by atoms with E-state index in [1.807, 2.05) is 59.9 Å². The molecule has 4 nitrogen and oxygen atoms in total. The third-order valence-corrected chi connectivity index (χ3v) is 9.65. The Morgan fingerprint density at radius 3 is 2.07 bits per heavy atom. The van der Waals surface area contributed by atoms with Gasteiger partial charge in [-0.05, 0) is 54.6 Å². The van der Waals surface area contributed by atoms with Crippen molar-refractivity contribution in [3.05, 3.63) is 139 Å². The van der Waals surface area contributed by atoms with E-state index in [2.05, 4.69) is 95.6 Å². The third-order valence-electron chi connectivity index (χ3n) is 8.45. The van der Waals surface area contributed by atoms with E-state index in [-0.39, 0.29) is 0 Å². The molecule has 0 bridgehead atoms. The van der Waals surface area contributed by atoms with Crippen LogP contribution in [0.2, 0.25) is 0 Å². The summed E-state index contributed by atoms with van der Waals surface area (Å²) < 4.78 is 5.00. The quantitative estimate of drug-likeness (QED) is 0.210. The number of nitrogens with zero attached hydrogens (tertiary/aromatic N) is 4. The first-order chi connectivity index (χ1) is 21.8. The maximum atomic E-state index is 9.28. The van der Waals surface area contributed by atoms with E-state index >= 15 is 0 Å². The largest absolute Gasteiger partial charge is 0.308 e. The van der Waals surface area contributed by atoms with Crippen LogP contribution in [0.1, 0.15) is 5.56 Å². The number of nitriles is 1. The molecule has 0 fully saturated rings. The van der Waals surface area contributed by atoms with E-state index in [4.69, 9.17) is 9.97 Å². The molecule has 0 aliphatic rings. The molecule has 0 saturated heterocycles. The minimum atomic E-state index is 0.626. The molecule has 0 spiro atoms. The Balaban J connectivity index is 1.23. The molecule has 0 atom stereocenters. The first-order valence-electron chi connectivity index (χ1n) is 14.5. The lowest BCUT2D eigenvalue weighted by molar-refractivity contribution is 1.18. The van der Waals surface area contributed by atoms with Crippen molar-refractivity contribution in [2.45, 2.75) is 0 Å². The molecular weight excluding hydrogens is 557 g/mol. The molecule has 0 saturated carbocycles. The number of hydrogen-bond donors (Lipinski definition) is 0. The van der Waals surface area contributed by atoms with Gasteiger partial charge < -0.3 is 4.57 Å². The highest BCUT2D eigenvalue weighted by Gasteiger charge is 2.18. The van der Waals surface area contributed by atoms with Gasteiger partial charge in [0, 0.05) is 48.4 Å². The van der Waals surface area contributed by atoms with E-state index in [0.717, 1.165) is 33.4 Å². The van der Waals surface area contributed by atoms with Gasteiger partial charge in [0.1, 0.15) is 0 Å². The Labute approximate surface area is 256 Å². The van der Waals surface area contributed by atoms with Crippen LogP contribution in [0.4, 0.5) is 0 Å². The molecule has 0 amide bonds. The molecule has 44 heavy (non-hydrogen) atoms. The monoisotopic (exact) mass is 578 g/mol. The summed E-state index contributed by atoms with van der Waals surface area (Å²) >= 11 is 1.86. The van der Waals surface area contributed by atoms with Crippen molar-refractivity contribution in [1.29, 1.82) is 5.26 Å². The Bertz CT molecular complexity index is 2600. The van der Waals surface area contributed by atoms with Gasteiger partial charge in [0.15, 0.2) is 5.82 Å². The van der Waals surface area contributed by atoms with Crippen LogP contribution in [-0.4, -0.2) is 14.5 Å². The van der Waals surface area contributed by atoms with E-state index in [1.54, 1.807) is 0 Å². The second-order valence-corrected chi connectivity index (χ2v) is 12.0. The van der Waals surface area contributed by atoms with Gasteiger partial charge in [-0.15, -0.1) is 11.3 Å². The Hall–Kier alpha value is -5.83. The van der Waals surface area contributed by atoms with Crippen LogP contribution in [0.25, 0.3) is 81.2 Å². The van der Waals surface area contributed by atoms with Crippen LogP contribution in [0.15, 0.2) is 133 Å². The van der Waals surface area contributed by atoms with Crippen molar-refractivity contribution < 1.29 is 0 Å². The highest BCUT2D eigenvalue weighted by atomic mass is 32.1. The molecular formula is C39H22N4S. The fraction of sp³-hybridized carbons (Fsp3) is 0. The minimum absolute atomic E-state index is 0.626. The number of thiophene rings is 1. The molecule has 9 rings (SSSR count). The number of aromatic nitrogens is 3. The van der Waals surface area contributed by atoms with E-state index in [0.29, 0.717) is 11.4 Å². The van der Waals surface area contributed by atoms with Gasteiger partial charge in [0.05, 0.1) is 38.6 Å². The standard InChI is InChI=1S/C39H22N4S/c40-23-24-13-15-25(16-14-24)36-32-9-1-4-10-33(32)41-39(42-36)26-17-19-27(20-18-26)43-34-11-5-2-7-28(34)30-21-22-31-29-8-3-6-12-35(29)44-38(31)37(30)43/h1-22H. The number of para-hydroxylation sites is 2. The third kappa shape index (κ3) is 3.69. The van der Waals surface area contributed by atoms with Crippen molar-refractivity contribution in [2.24, 2.45) is 0 Å². The average Bonchev–Trinajstić information content (AvgIpc) is 3.64.